The van der Waals surface area contributed by atoms with E-state index in [4.69, 9.17) is 15.0 Å². The Labute approximate surface area is 114 Å². The molecule has 0 spiro atoms. The van der Waals surface area contributed by atoms with E-state index in [1.54, 1.807) is 7.11 Å². The number of ether oxygens (including phenoxy) is 1. The van der Waals surface area contributed by atoms with Gasteiger partial charge in [0.05, 0.1) is 0 Å². The van der Waals surface area contributed by atoms with Crippen molar-refractivity contribution in [3.63, 3.8) is 0 Å². The van der Waals surface area contributed by atoms with Crippen LogP contribution in [0.1, 0.15) is 58.2 Å². The predicted molar refractivity (Wildman–Crippen MR) is 72.6 cm³/mol. The zero-order valence-corrected chi connectivity index (χ0v) is 12.4. The summed E-state index contributed by atoms with van der Waals surface area (Å²) in [6.07, 6.45) is 4.70. The minimum Gasteiger partial charge on any atom is -0.370 e. The third-order valence-corrected chi connectivity index (χ3v) is 4.17. The van der Waals surface area contributed by atoms with Gasteiger partial charge in [-0.25, -0.2) is 0 Å². The molecule has 1 unspecified atom stereocenters. The highest BCUT2D eigenvalue weighted by Crippen LogP contribution is 2.46. The molecule has 0 bridgehead atoms. The summed E-state index contributed by atoms with van der Waals surface area (Å²) in [7, 11) is 1.74. The van der Waals surface area contributed by atoms with Crippen LogP contribution in [0, 0.1) is 5.41 Å². The Morgan fingerprint density at radius 2 is 1.95 bits per heavy atom. The molecule has 1 atom stereocenters. The Bertz CT molecular complexity index is 416. The highest BCUT2D eigenvalue weighted by atomic mass is 16.5. The van der Waals surface area contributed by atoms with Gasteiger partial charge in [0.2, 0.25) is 11.7 Å². The SMILES string of the molecule is COC1(c2noc(CC(C)N)n2)CCC(C)(C)CC1. The summed E-state index contributed by atoms with van der Waals surface area (Å²) in [4.78, 5) is 4.48. The standard InChI is InChI=1S/C14H25N3O2/c1-10(15)9-11-16-12(17-19-11)14(18-4)7-5-13(2,3)6-8-14/h10H,5-9,15H2,1-4H3. The lowest BCUT2D eigenvalue weighted by atomic mass is 9.70. The smallest absolute Gasteiger partial charge is 0.228 e. The number of nitrogens with zero attached hydrogens (tertiary/aromatic N) is 2. The Hall–Kier alpha value is -0.940. The van der Waals surface area contributed by atoms with Crippen molar-refractivity contribution in [1.82, 2.24) is 10.1 Å². The molecule has 0 aliphatic heterocycles. The van der Waals surface area contributed by atoms with E-state index in [0.717, 1.165) is 25.7 Å². The molecular weight excluding hydrogens is 242 g/mol. The molecule has 0 saturated heterocycles. The number of nitrogens with two attached hydrogens (primary N) is 1. The molecule has 0 amide bonds. The maximum absolute atomic E-state index is 5.76. The van der Waals surface area contributed by atoms with E-state index in [1.165, 1.54) is 0 Å². The maximum Gasteiger partial charge on any atom is 0.228 e. The van der Waals surface area contributed by atoms with E-state index in [-0.39, 0.29) is 11.6 Å². The molecule has 2 rings (SSSR count). The molecule has 1 aliphatic carbocycles. The van der Waals surface area contributed by atoms with Gasteiger partial charge in [0, 0.05) is 19.6 Å². The van der Waals surface area contributed by atoms with Crippen molar-refractivity contribution >= 4 is 0 Å². The lowest BCUT2D eigenvalue weighted by molar-refractivity contribution is -0.0740. The summed E-state index contributed by atoms with van der Waals surface area (Å²) < 4.78 is 11.0. The summed E-state index contributed by atoms with van der Waals surface area (Å²) in [5.74, 6) is 1.28. The molecule has 108 valence electrons. The zero-order chi connectivity index (χ0) is 14.1. The first kappa shape index (κ1) is 14.5. The van der Waals surface area contributed by atoms with Crippen LogP contribution in [0.5, 0.6) is 0 Å². The van der Waals surface area contributed by atoms with Crippen LogP contribution in [-0.2, 0) is 16.8 Å². The monoisotopic (exact) mass is 267 g/mol. The molecule has 5 nitrogen and oxygen atoms in total. The fourth-order valence-electron chi connectivity index (χ4n) is 2.65. The van der Waals surface area contributed by atoms with Gasteiger partial charge in [0.25, 0.3) is 0 Å². The van der Waals surface area contributed by atoms with Gasteiger partial charge in [0.15, 0.2) is 0 Å². The molecule has 1 fully saturated rings. The first-order valence-corrected chi connectivity index (χ1v) is 7.01. The highest BCUT2D eigenvalue weighted by Gasteiger charge is 2.43. The molecular formula is C14H25N3O2. The molecule has 0 radical (unpaired) electrons. The normalized spacial score (nSPS) is 23.2. The molecule has 2 N–H and O–H groups in total. The van der Waals surface area contributed by atoms with Crippen LogP contribution >= 0.6 is 0 Å². The van der Waals surface area contributed by atoms with E-state index < -0.39 is 0 Å². The second-order valence-electron chi connectivity index (χ2n) is 6.56. The number of rotatable bonds is 4. The predicted octanol–water partition coefficient (Wildman–Crippen LogP) is 2.40. The average molecular weight is 267 g/mol. The van der Waals surface area contributed by atoms with Crippen molar-refractivity contribution in [2.75, 3.05) is 7.11 Å². The van der Waals surface area contributed by atoms with Gasteiger partial charge in [-0.3, -0.25) is 0 Å². The zero-order valence-electron chi connectivity index (χ0n) is 12.4. The quantitative estimate of drug-likeness (QED) is 0.906. The van der Waals surface area contributed by atoms with Gasteiger partial charge in [-0.05, 0) is 38.0 Å². The van der Waals surface area contributed by atoms with Gasteiger partial charge in [-0.2, -0.15) is 4.98 Å². The Kier molecular flexibility index (Phi) is 3.97. The van der Waals surface area contributed by atoms with Crippen LogP contribution in [0.15, 0.2) is 4.52 Å². The molecule has 1 heterocycles. The number of hydrogen-bond donors (Lipinski definition) is 1. The largest absolute Gasteiger partial charge is 0.370 e. The second-order valence-corrected chi connectivity index (χ2v) is 6.56. The third-order valence-electron chi connectivity index (χ3n) is 4.17. The maximum atomic E-state index is 5.76. The van der Waals surface area contributed by atoms with E-state index >= 15 is 0 Å². The molecule has 1 aromatic heterocycles. The van der Waals surface area contributed by atoms with E-state index in [0.29, 0.717) is 23.6 Å². The minimum absolute atomic E-state index is 0.0251. The van der Waals surface area contributed by atoms with Gasteiger partial charge in [0.1, 0.15) is 5.60 Å². The number of aromatic nitrogens is 2. The Morgan fingerprint density at radius 1 is 1.32 bits per heavy atom. The van der Waals surface area contributed by atoms with Crippen LogP contribution in [0.3, 0.4) is 0 Å². The van der Waals surface area contributed by atoms with Crippen LogP contribution < -0.4 is 5.73 Å². The highest BCUT2D eigenvalue weighted by molar-refractivity contribution is 5.05. The van der Waals surface area contributed by atoms with Gasteiger partial charge in [-0.15, -0.1) is 0 Å². The Balaban J connectivity index is 2.16. The first-order chi connectivity index (χ1) is 8.87. The molecule has 0 aromatic carbocycles. The molecule has 1 aromatic rings. The topological polar surface area (TPSA) is 74.2 Å². The van der Waals surface area contributed by atoms with Crippen molar-refractivity contribution in [2.45, 2.75) is 64.5 Å². The van der Waals surface area contributed by atoms with Gasteiger partial charge in [-0.1, -0.05) is 19.0 Å². The third kappa shape index (κ3) is 3.15. The van der Waals surface area contributed by atoms with Crippen molar-refractivity contribution in [3.8, 4) is 0 Å². The van der Waals surface area contributed by atoms with Crippen molar-refractivity contribution in [2.24, 2.45) is 11.1 Å². The Morgan fingerprint density at radius 3 is 2.47 bits per heavy atom. The number of hydrogen-bond acceptors (Lipinski definition) is 5. The molecule has 19 heavy (non-hydrogen) atoms. The molecule has 1 saturated carbocycles. The van der Waals surface area contributed by atoms with Crippen LogP contribution in [0.25, 0.3) is 0 Å². The van der Waals surface area contributed by atoms with E-state index in [2.05, 4.69) is 24.0 Å². The van der Waals surface area contributed by atoms with Crippen LogP contribution in [0.4, 0.5) is 0 Å². The van der Waals surface area contributed by atoms with Crippen molar-refractivity contribution in [1.29, 1.82) is 0 Å². The first-order valence-electron chi connectivity index (χ1n) is 7.01. The van der Waals surface area contributed by atoms with Crippen LogP contribution in [0.2, 0.25) is 0 Å². The summed E-state index contributed by atoms with van der Waals surface area (Å²) >= 11 is 0. The lowest BCUT2D eigenvalue weighted by Crippen LogP contribution is -2.37. The number of methoxy groups -OCH3 is 1. The second kappa shape index (κ2) is 5.21. The minimum atomic E-state index is -0.380. The van der Waals surface area contributed by atoms with Crippen LogP contribution in [-0.4, -0.2) is 23.3 Å². The van der Waals surface area contributed by atoms with E-state index in [1.807, 2.05) is 6.92 Å². The summed E-state index contributed by atoms with van der Waals surface area (Å²) in [6.45, 7) is 6.52. The molecule has 5 heteroatoms. The average Bonchev–Trinajstić information content (AvgIpc) is 2.78. The van der Waals surface area contributed by atoms with Gasteiger partial charge >= 0.3 is 0 Å². The van der Waals surface area contributed by atoms with E-state index in [9.17, 15) is 0 Å². The summed E-state index contributed by atoms with van der Waals surface area (Å²) in [5, 5.41) is 4.12. The fourth-order valence-corrected chi connectivity index (χ4v) is 2.65. The molecule has 1 aliphatic rings. The lowest BCUT2D eigenvalue weighted by Gasteiger charge is -2.40. The fraction of sp³-hybridized carbons (Fsp3) is 0.857. The van der Waals surface area contributed by atoms with Gasteiger partial charge < -0.3 is 15.0 Å². The summed E-state index contributed by atoms with van der Waals surface area (Å²) in [5.41, 5.74) is 5.75. The van der Waals surface area contributed by atoms with Crippen molar-refractivity contribution < 1.29 is 9.26 Å². The van der Waals surface area contributed by atoms with Crippen molar-refractivity contribution in [3.05, 3.63) is 11.7 Å². The summed E-state index contributed by atoms with van der Waals surface area (Å²) in [6, 6.07) is 0.0251.